The van der Waals surface area contributed by atoms with Crippen molar-refractivity contribution in [2.75, 3.05) is 32.1 Å². The number of Topliss-reactive ketones (excluding diaryl/α,β-unsaturated/α-hetero) is 1. The first-order valence-electron chi connectivity index (χ1n) is 22.0. The number of rotatable bonds is 5. The number of ketones is 1. The number of fused-ring (bicyclic) bond motifs is 1. The summed E-state index contributed by atoms with van der Waals surface area (Å²) in [7, 11) is 1.52. The molecular weight excluding hydrogens is 805 g/mol. The van der Waals surface area contributed by atoms with Crippen LogP contribution in [0.4, 0.5) is 5.69 Å². The molecule has 1 fully saturated rings. The van der Waals surface area contributed by atoms with E-state index < -0.39 is 64.8 Å². The van der Waals surface area contributed by atoms with Crippen molar-refractivity contribution >= 4 is 28.2 Å². The predicted octanol–water partition coefficient (Wildman–Crippen LogP) is 6.21. The van der Waals surface area contributed by atoms with Gasteiger partial charge in [-0.15, -0.1) is 12.8 Å². The highest BCUT2D eigenvalue weighted by atomic mass is 16.7. The highest BCUT2D eigenvalue weighted by molar-refractivity contribution is 6.19. The van der Waals surface area contributed by atoms with E-state index in [9.17, 15) is 30.0 Å². The molecule has 0 radical (unpaired) electrons. The summed E-state index contributed by atoms with van der Waals surface area (Å²) in [6.07, 6.45) is 16.0. The van der Waals surface area contributed by atoms with E-state index in [0.717, 1.165) is 19.6 Å². The second-order valence-electron chi connectivity index (χ2n) is 18.9. The number of aliphatic hydroxyl groups excluding tert-OH is 1. The Kier molecular flexibility index (Phi) is 15.0. The monoisotopic (exact) mass is 872 g/mol. The molecule has 1 saturated heterocycles. The Labute approximate surface area is 371 Å². The number of carbonyl (C=O) groups excluding carboxylic acids is 2. The highest BCUT2D eigenvalue weighted by Gasteiger charge is 2.50. The number of likely N-dealkylation sites (tertiary alicyclic amines) is 1. The van der Waals surface area contributed by atoms with Crippen molar-refractivity contribution in [1.29, 1.82) is 0 Å². The first kappa shape index (κ1) is 49.2. The van der Waals surface area contributed by atoms with Gasteiger partial charge in [0.1, 0.15) is 22.5 Å². The molecule has 4 bridgehead atoms. The van der Waals surface area contributed by atoms with Gasteiger partial charge in [-0.05, 0) is 57.9 Å². The van der Waals surface area contributed by atoms with E-state index in [4.69, 9.17) is 28.9 Å². The summed E-state index contributed by atoms with van der Waals surface area (Å²) < 4.78 is 24.5. The van der Waals surface area contributed by atoms with Crippen molar-refractivity contribution < 1.29 is 49.0 Å². The zero-order chi connectivity index (χ0) is 46.9. The van der Waals surface area contributed by atoms with Crippen LogP contribution >= 0.6 is 0 Å². The van der Waals surface area contributed by atoms with Crippen molar-refractivity contribution in [2.45, 2.75) is 131 Å². The van der Waals surface area contributed by atoms with Crippen molar-refractivity contribution in [2.24, 2.45) is 39.6 Å². The smallest absolute Gasteiger partial charge is 0.312 e. The van der Waals surface area contributed by atoms with Gasteiger partial charge in [-0.25, -0.2) is 0 Å². The van der Waals surface area contributed by atoms with Crippen LogP contribution in [0.3, 0.4) is 0 Å². The number of amides is 1. The number of aromatic hydroxyl groups is 2. The maximum Gasteiger partial charge on any atom is 0.312 e. The van der Waals surface area contributed by atoms with E-state index >= 15 is 0 Å². The molecule has 8 atom stereocenters. The van der Waals surface area contributed by atoms with Gasteiger partial charge in [0.25, 0.3) is 11.7 Å². The van der Waals surface area contributed by atoms with Gasteiger partial charge in [-0.2, -0.15) is 0 Å². The molecule has 0 saturated carbocycles. The van der Waals surface area contributed by atoms with Gasteiger partial charge in [-0.1, -0.05) is 59.8 Å². The fourth-order valence-electron chi connectivity index (χ4n) is 9.42. The van der Waals surface area contributed by atoms with Gasteiger partial charge >= 0.3 is 5.79 Å². The van der Waals surface area contributed by atoms with E-state index in [2.05, 4.69) is 36.9 Å². The Hall–Kier alpha value is -4.78. The lowest BCUT2D eigenvalue weighted by Gasteiger charge is -2.39. The van der Waals surface area contributed by atoms with Gasteiger partial charge in [0.2, 0.25) is 0 Å². The lowest BCUT2D eigenvalue weighted by atomic mass is 9.79. The Morgan fingerprint density at radius 2 is 1.63 bits per heavy atom. The summed E-state index contributed by atoms with van der Waals surface area (Å²) in [4.78, 5) is 41.4. The van der Waals surface area contributed by atoms with Gasteiger partial charge < -0.3 is 49.6 Å². The van der Waals surface area contributed by atoms with Crippen LogP contribution in [-0.4, -0.2) is 99.3 Å². The minimum atomic E-state index is -1.91. The Morgan fingerprint density at radius 3 is 2.24 bits per heavy atom. The Balaban J connectivity index is 0.00000369. The van der Waals surface area contributed by atoms with Crippen LogP contribution in [-0.2, 0) is 19.0 Å². The molecule has 344 valence electrons. The molecule has 14 heteroatoms. The van der Waals surface area contributed by atoms with Gasteiger partial charge in [0.15, 0.2) is 17.2 Å². The number of allylic oxidation sites excluding steroid dienone is 3. The van der Waals surface area contributed by atoms with Crippen LogP contribution in [0, 0.1) is 49.4 Å². The molecule has 0 aliphatic carbocycles. The van der Waals surface area contributed by atoms with Crippen LogP contribution < -0.4 is 20.8 Å². The summed E-state index contributed by atoms with van der Waals surface area (Å²) in [6.45, 7) is 22.4. The van der Waals surface area contributed by atoms with Crippen LogP contribution in [0.15, 0.2) is 46.1 Å². The molecule has 2 aromatic carbocycles. The number of hydrogen-bond acceptors (Lipinski definition) is 13. The van der Waals surface area contributed by atoms with Gasteiger partial charge in [-0.3, -0.25) is 19.6 Å². The van der Waals surface area contributed by atoms with Gasteiger partial charge in [0, 0.05) is 74.9 Å². The number of carbonyl (C=O) groups is 2. The fraction of sp³-hybridized carbons (Fsp3) is 0.592. The second-order valence-corrected chi connectivity index (χ2v) is 18.9. The average molecular weight is 873 g/mol. The van der Waals surface area contributed by atoms with Crippen LogP contribution in [0.1, 0.15) is 104 Å². The largest absolute Gasteiger partial charge is 0.507 e. The molecule has 4 heterocycles. The number of hydrogen-bond donors (Lipinski definition) is 5. The maximum atomic E-state index is 14.7. The average Bonchev–Trinajstić information content (AvgIpc) is 3.72. The number of nitrogens with one attached hydrogen (secondary N) is 1. The fourth-order valence-corrected chi connectivity index (χ4v) is 9.42. The number of ether oxygens (including phenoxy) is 4. The summed E-state index contributed by atoms with van der Waals surface area (Å²) >= 11 is 0. The highest BCUT2D eigenvalue weighted by Crippen LogP contribution is 2.50. The number of aliphatic hydroxyl groups is 2. The summed E-state index contributed by atoms with van der Waals surface area (Å²) in [6, 6.07) is 0. The third-order valence-electron chi connectivity index (χ3n) is 12.7. The predicted molar refractivity (Wildman–Crippen MR) is 242 cm³/mol. The third-order valence-corrected chi connectivity index (χ3v) is 12.7. The van der Waals surface area contributed by atoms with Crippen molar-refractivity contribution in [1.82, 2.24) is 4.90 Å². The van der Waals surface area contributed by atoms with E-state index in [1.165, 1.54) is 20.3 Å². The normalized spacial score (nSPS) is 30.9. The first-order chi connectivity index (χ1) is 29.5. The molecule has 14 nitrogen and oxygen atoms in total. The van der Waals surface area contributed by atoms with Gasteiger partial charge in [0.05, 0.1) is 40.9 Å². The molecule has 1 amide bonds. The summed E-state index contributed by atoms with van der Waals surface area (Å²) in [5.74, 6) is -5.75. The zero-order valence-corrected chi connectivity index (χ0v) is 39.0. The molecular formula is C49H68N4O10. The van der Waals surface area contributed by atoms with E-state index in [0.29, 0.717) is 30.8 Å². The SMILES string of the molecule is C#C.CO[C@H]1/C=C/OC2(C)Oc3c(C)c(O)c4c(O)c(c5c(c4c3C2=O)=NC2(CCN(CC(C)C)CC2)N=5)NC(=O)/C(C)=C\C=C\C(C)C[C@@H](C)C(OC(C)(C)O)[C@@H](C)C(O)[C@@H]1C. The molecule has 0 aromatic heterocycles. The molecule has 5 N–H and O–H groups in total. The molecule has 63 heavy (non-hydrogen) atoms. The van der Waals surface area contributed by atoms with Crippen LogP contribution in [0.5, 0.6) is 17.2 Å². The zero-order valence-electron chi connectivity index (χ0n) is 39.0. The van der Waals surface area contributed by atoms with E-state index in [1.807, 2.05) is 33.8 Å². The number of terminal acetylenes is 1. The molecule has 1 spiro atoms. The molecule has 6 rings (SSSR count). The van der Waals surface area contributed by atoms with E-state index in [1.54, 1.807) is 45.9 Å². The molecule has 4 aliphatic rings. The molecule has 2 aromatic rings. The minimum absolute atomic E-state index is 0.0112. The number of phenolic OH excluding ortho intramolecular Hbond substituents is 2. The second kappa shape index (κ2) is 19.1. The third kappa shape index (κ3) is 9.98. The number of methoxy groups -OCH3 is 1. The number of nitrogens with zero attached hydrogens (tertiary/aromatic N) is 3. The lowest BCUT2D eigenvalue weighted by Crippen LogP contribution is -2.46. The number of phenols is 2. The Bertz CT molecular complexity index is 2300. The Morgan fingerprint density at radius 1 is 1.00 bits per heavy atom. The van der Waals surface area contributed by atoms with E-state index in [-0.39, 0.29) is 61.6 Å². The number of piperidine rings is 1. The van der Waals surface area contributed by atoms with Crippen LogP contribution in [0.2, 0.25) is 0 Å². The topological polar surface area (TPSA) is 192 Å². The molecule has 4 unspecified atom stereocenters. The first-order valence-corrected chi connectivity index (χ1v) is 22.0. The maximum absolute atomic E-state index is 14.7. The number of anilines is 1. The quantitative estimate of drug-likeness (QED) is 0.130. The molecule has 4 aliphatic heterocycles. The summed E-state index contributed by atoms with van der Waals surface area (Å²) in [5.41, 5.74) is -0.347. The number of benzene rings is 2. The standard InChI is InChI=1S/C47H66N4O10.C2H2/c1-24(2)23-51-19-17-47(18-20-51)49-35-32-33-39(53)30(8)42-34(32)43(55)46(11,61-42)59-21-16-31(58-12)28(6)38(52)29(7)41(60-45(9,10)57)27(5)22-25(3)14-13-15-26(4)44(56)48-37(40(33)54)36(35)50-47;1-2/h13-16,21,24-25,27-29,31,38,41,52-54,57H,17-20,22-23H2,1-12H3,(H,48,56);1-2H/b14-13+,21-16+,26-15-;/t25?,27-,28-,29+,31+,38?,41?,46?;/m1./s1. The van der Waals surface area contributed by atoms with Crippen molar-refractivity contribution in [3.63, 3.8) is 0 Å². The summed E-state index contributed by atoms with van der Waals surface area (Å²) in [5, 5.41) is 50.0. The van der Waals surface area contributed by atoms with Crippen molar-refractivity contribution in [3.05, 3.63) is 58.0 Å². The lowest BCUT2D eigenvalue weighted by molar-refractivity contribution is -0.236. The van der Waals surface area contributed by atoms with Crippen LogP contribution in [0.25, 0.3) is 10.8 Å². The minimum Gasteiger partial charge on any atom is -0.507 e. The van der Waals surface area contributed by atoms with Crippen molar-refractivity contribution in [3.8, 4) is 30.1 Å².